The molecule has 0 aliphatic carbocycles. The lowest BCUT2D eigenvalue weighted by molar-refractivity contribution is -0.134. The van der Waals surface area contributed by atoms with Crippen LogP contribution in [0.4, 0.5) is 0 Å². The molecule has 0 saturated heterocycles. The molecule has 3 heteroatoms. The zero-order valence-electron chi connectivity index (χ0n) is 17.5. The third-order valence-corrected chi connectivity index (χ3v) is 5.21. The third kappa shape index (κ3) is 21.5. The zero-order valence-corrected chi connectivity index (χ0v) is 17.5. The van der Waals surface area contributed by atoms with Gasteiger partial charge in [0.2, 0.25) is 0 Å². The quantitative estimate of drug-likeness (QED) is 0.176. The maximum Gasteiger partial charge on any atom is 0.325 e. The summed E-state index contributed by atoms with van der Waals surface area (Å²) in [7, 11) is 1.47. The predicted octanol–water partition coefficient (Wildman–Crippen LogP) is 6.90. The fourth-order valence-electron chi connectivity index (χ4n) is 3.45. The average Bonchev–Trinajstić information content (AvgIpc) is 2.63. The monoisotopic (exact) mass is 352 g/mol. The van der Waals surface area contributed by atoms with Crippen molar-refractivity contribution >= 4 is 14.0 Å². The minimum atomic E-state index is -0.0630. The van der Waals surface area contributed by atoms with Gasteiger partial charge in [0.15, 0.2) is 0 Å². The zero-order chi connectivity index (χ0) is 18.4. The van der Waals surface area contributed by atoms with Crippen molar-refractivity contribution in [3.8, 4) is 0 Å². The predicted molar refractivity (Wildman–Crippen MR) is 113 cm³/mol. The molecule has 0 unspecified atom stereocenters. The topological polar surface area (TPSA) is 26.3 Å². The normalized spacial score (nSPS) is 10.9. The van der Waals surface area contributed by atoms with Gasteiger partial charge < -0.3 is 4.65 Å². The van der Waals surface area contributed by atoms with Crippen molar-refractivity contribution in [1.29, 1.82) is 0 Å². The van der Waals surface area contributed by atoms with Gasteiger partial charge in [-0.3, -0.25) is 4.79 Å². The lowest BCUT2D eigenvalue weighted by atomic mass is 10.0. The number of carbonyl (C=O) groups is 1. The van der Waals surface area contributed by atoms with Gasteiger partial charge in [-0.1, -0.05) is 122 Å². The Balaban J connectivity index is 2.99. The minimum absolute atomic E-state index is 0.0630. The molecule has 0 rings (SSSR count). The number of carbonyl (C=O) groups excluding carboxylic acids is 1. The van der Waals surface area contributed by atoms with Crippen LogP contribution in [-0.4, -0.2) is 14.0 Å². The first-order valence-corrected chi connectivity index (χ1v) is 11.4. The highest BCUT2D eigenvalue weighted by Gasteiger charge is 1.99. The molecule has 0 aliphatic heterocycles. The molecule has 0 N–H and O–H groups in total. The van der Waals surface area contributed by atoms with Gasteiger partial charge in [-0.25, -0.2) is 0 Å². The second kappa shape index (κ2) is 21.6. The molecule has 0 aliphatic rings. The van der Waals surface area contributed by atoms with E-state index in [1.165, 1.54) is 124 Å². The Bertz CT molecular complexity index is 269. The van der Waals surface area contributed by atoms with E-state index in [0.717, 1.165) is 6.42 Å². The Kier molecular flexibility index (Phi) is 21.2. The summed E-state index contributed by atoms with van der Waals surface area (Å²) >= 11 is 0. The van der Waals surface area contributed by atoms with E-state index in [4.69, 9.17) is 0 Å². The van der Waals surface area contributed by atoms with E-state index in [1.807, 2.05) is 0 Å². The molecule has 0 saturated carbocycles. The highest BCUT2D eigenvalue weighted by atomic mass is 16.5. The van der Waals surface area contributed by atoms with Gasteiger partial charge in [0.1, 0.15) is 0 Å². The summed E-state index contributed by atoms with van der Waals surface area (Å²) in [6.07, 6.45) is 26.9. The summed E-state index contributed by atoms with van der Waals surface area (Å²) in [6.45, 7) is 2.29. The van der Waals surface area contributed by atoms with E-state index in [1.54, 1.807) is 0 Å². The highest BCUT2D eigenvalue weighted by Crippen LogP contribution is 2.14. The smallest absolute Gasteiger partial charge is 0.325 e. The summed E-state index contributed by atoms with van der Waals surface area (Å²) in [6, 6.07) is 0. The van der Waals surface area contributed by atoms with Gasteiger partial charge >= 0.3 is 8.05 Å². The van der Waals surface area contributed by atoms with E-state index in [-0.39, 0.29) is 5.97 Å². The van der Waals surface area contributed by atoms with Crippen LogP contribution in [0.2, 0.25) is 0 Å². The van der Waals surface area contributed by atoms with Crippen LogP contribution in [0.5, 0.6) is 0 Å². The second-order valence-electron chi connectivity index (χ2n) is 7.69. The van der Waals surface area contributed by atoms with Crippen LogP contribution < -0.4 is 0 Å². The largest absolute Gasteiger partial charge is 0.543 e. The molecule has 2 nitrogen and oxygen atoms in total. The van der Waals surface area contributed by atoms with Crippen molar-refractivity contribution in [2.24, 2.45) is 0 Å². The lowest BCUT2D eigenvalue weighted by Gasteiger charge is -2.04. The average molecular weight is 352 g/mol. The molecule has 0 aromatic rings. The van der Waals surface area contributed by atoms with Crippen LogP contribution in [0.3, 0.4) is 0 Å². The maximum atomic E-state index is 11.0. The van der Waals surface area contributed by atoms with E-state index < -0.39 is 0 Å². The van der Waals surface area contributed by atoms with Crippen LogP contribution in [0.25, 0.3) is 0 Å². The van der Waals surface area contributed by atoms with Gasteiger partial charge in [-0.15, -0.1) is 0 Å². The first-order valence-electron chi connectivity index (χ1n) is 11.4. The molecular formula is C22H45BO2. The summed E-state index contributed by atoms with van der Waals surface area (Å²) in [4.78, 5) is 11.0. The molecule has 0 amide bonds. The fourth-order valence-corrected chi connectivity index (χ4v) is 3.45. The SMILES string of the molecule is BOC(=O)CCCCCCCCCCCCCCCCCCCCC. The van der Waals surface area contributed by atoms with Crippen LogP contribution in [-0.2, 0) is 9.45 Å². The van der Waals surface area contributed by atoms with Gasteiger partial charge in [-0.05, 0) is 6.42 Å². The second-order valence-corrected chi connectivity index (χ2v) is 7.69. The first-order chi connectivity index (χ1) is 12.3. The Morgan fingerprint density at radius 3 is 1.12 bits per heavy atom. The van der Waals surface area contributed by atoms with Gasteiger partial charge in [0.25, 0.3) is 5.97 Å². The first kappa shape index (κ1) is 24.5. The molecule has 0 radical (unpaired) electrons. The van der Waals surface area contributed by atoms with Crippen LogP contribution in [0.15, 0.2) is 0 Å². The molecule has 0 atom stereocenters. The fraction of sp³-hybridized carbons (Fsp3) is 0.955. The summed E-state index contributed by atoms with van der Waals surface area (Å²) in [5.41, 5.74) is 0. The summed E-state index contributed by atoms with van der Waals surface area (Å²) in [5, 5.41) is 0. The molecule has 0 bridgehead atoms. The van der Waals surface area contributed by atoms with Crippen molar-refractivity contribution in [3.05, 3.63) is 0 Å². The molecule has 0 fully saturated rings. The van der Waals surface area contributed by atoms with E-state index >= 15 is 0 Å². The van der Waals surface area contributed by atoms with E-state index in [2.05, 4.69) is 11.6 Å². The highest BCUT2D eigenvalue weighted by molar-refractivity contribution is 6.05. The number of rotatable bonds is 20. The molecule has 25 heavy (non-hydrogen) atoms. The van der Waals surface area contributed by atoms with E-state index in [9.17, 15) is 4.79 Å². The van der Waals surface area contributed by atoms with Crippen molar-refractivity contribution < 1.29 is 9.45 Å². The molecule has 0 aromatic carbocycles. The van der Waals surface area contributed by atoms with Crippen molar-refractivity contribution in [1.82, 2.24) is 0 Å². The standard InChI is InChI=1S/C22H45BO2/c1-2-3-4-5-6-7-8-9-10-11-12-13-14-15-16-17-18-19-20-21-22(24)25-23/h2-21,23H2,1H3. The van der Waals surface area contributed by atoms with Crippen LogP contribution in [0, 0.1) is 0 Å². The Labute approximate surface area is 159 Å². The minimum Gasteiger partial charge on any atom is -0.543 e. The lowest BCUT2D eigenvalue weighted by Crippen LogP contribution is -2.00. The molecule has 148 valence electrons. The third-order valence-electron chi connectivity index (χ3n) is 5.21. The Morgan fingerprint density at radius 2 is 0.840 bits per heavy atom. The van der Waals surface area contributed by atoms with Crippen molar-refractivity contribution in [2.75, 3.05) is 0 Å². The van der Waals surface area contributed by atoms with Gasteiger partial charge in [0.05, 0.1) is 0 Å². The van der Waals surface area contributed by atoms with Crippen molar-refractivity contribution in [2.45, 2.75) is 135 Å². The Hall–Kier alpha value is -0.465. The van der Waals surface area contributed by atoms with Crippen LogP contribution in [0.1, 0.15) is 135 Å². The van der Waals surface area contributed by atoms with Gasteiger partial charge in [-0.2, -0.15) is 0 Å². The summed E-state index contributed by atoms with van der Waals surface area (Å²) < 4.78 is 4.65. The molecule has 0 heterocycles. The molecule has 0 aromatic heterocycles. The van der Waals surface area contributed by atoms with E-state index in [0.29, 0.717) is 6.42 Å². The van der Waals surface area contributed by atoms with Crippen molar-refractivity contribution in [3.63, 3.8) is 0 Å². The Morgan fingerprint density at radius 1 is 0.560 bits per heavy atom. The molecular weight excluding hydrogens is 307 g/mol. The van der Waals surface area contributed by atoms with Crippen LogP contribution >= 0.6 is 0 Å². The van der Waals surface area contributed by atoms with Gasteiger partial charge in [0, 0.05) is 6.42 Å². The molecule has 0 spiro atoms. The summed E-state index contributed by atoms with van der Waals surface area (Å²) in [5.74, 6) is -0.0630. The number of hydrogen-bond donors (Lipinski definition) is 0. The number of hydrogen-bond acceptors (Lipinski definition) is 2. The number of unbranched alkanes of at least 4 members (excludes halogenated alkanes) is 18. The maximum absolute atomic E-state index is 11.0.